The number of hydrogen-bond acceptors (Lipinski definition) is 10. The van der Waals surface area contributed by atoms with Crippen molar-refractivity contribution in [2.24, 2.45) is 0 Å². The minimum Gasteiger partial charge on any atom is -0.468 e. The van der Waals surface area contributed by atoms with Gasteiger partial charge in [0.2, 0.25) is 0 Å². The van der Waals surface area contributed by atoms with E-state index in [1.807, 2.05) is 32.6 Å². The largest absolute Gasteiger partial charge is 0.468 e. The maximum Gasteiger partial charge on any atom is 0.410 e. The quantitative estimate of drug-likeness (QED) is 0.170. The van der Waals surface area contributed by atoms with E-state index < -0.39 is 29.1 Å². The van der Waals surface area contributed by atoms with Gasteiger partial charge in [-0.25, -0.2) is 22.9 Å². The summed E-state index contributed by atoms with van der Waals surface area (Å²) in [4.78, 5) is 33.3. The van der Waals surface area contributed by atoms with Crippen LogP contribution in [0.5, 0.6) is 11.8 Å². The van der Waals surface area contributed by atoms with Gasteiger partial charge in [0.05, 0.1) is 16.6 Å². The minimum absolute atomic E-state index is 0.00903. The minimum atomic E-state index is -1.13. The van der Waals surface area contributed by atoms with E-state index in [-0.39, 0.29) is 46.3 Å². The lowest BCUT2D eigenvalue weighted by Gasteiger charge is -2.36. The molecule has 3 fully saturated rings. The number of amides is 1. The van der Waals surface area contributed by atoms with Gasteiger partial charge in [0.15, 0.2) is 24.2 Å². The Labute approximate surface area is 301 Å². The molecule has 2 aromatic heterocycles. The highest BCUT2D eigenvalue weighted by molar-refractivity contribution is 6.01. The first-order valence-corrected chi connectivity index (χ1v) is 18.0. The van der Waals surface area contributed by atoms with E-state index in [1.54, 1.807) is 4.90 Å². The average Bonchev–Trinajstić information content (AvgIpc) is 3.71. The molecule has 0 bridgehead atoms. The molecule has 0 aliphatic carbocycles. The van der Waals surface area contributed by atoms with Gasteiger partial charge in [-0.3, -0.25) is 4.90 Å². The van der Waals surface area contributed by atoms with Crippen LogP contribution in [0.2, 0.25) is 0 Å². The molecule has 3 aliphatic heterocycles. The van der Waals surface area contributed by atoms with Gasteiger partial charge in [0.25, 0.3) is 0 Å². The zero-order chi connectivity index (χ0) is 36.8. The number of carbonyl (C=O) groups excluding carboxylic acids is 1. The lowest BCUT2D eigenvalue weighted by atomic mass is 9.95. The molecule has 14 heteroatoms. The summed E-state index contributed by atoms with van der Waals surface area (Å²) in [5.41, 5.74) is -0.525. The van der Waals surface area contributed by atoms with Gasteiger partial charge in [0.1, 0.15) is 35.0 Å². The van der Waals surface area contributed by atoms with E-state index in [2.05, 4.69) is 9.88 Å². The number of rotatable bonds is 9. The summed E-state index contributed by atoms with van der Waals surface area (Å²) < 4.78 is 70.2. The number of pyridine rings is 1. The molecule has 2 aromatic carbocycles. The maximum absolute atomic E-state index is 17.2. The lowest BCUT2D eigenvalue weighted by Crippen LogP contribution is -2.50. The summed E-state index contributed by atoms with van der Waals surface area (Å²) in [5.74, 6) is -2.33. The summed E-state index contributed by atoms with van der Waals surface area (Å²) in [6, 6.07) is 5.42. The van der Waals surface area contributed by atoms with Crippen molar-refractivity contribution in [1.82, 2.24) is 24.8 Å². The summed E-state index contributed by atoms with van der Waals surface area (Å²) in [6.45, 7) is 11.1. The fourth-order valence-electron chi connectivity index (χ4n) is 7.79. The van der Waals surface area contributed by atoms with Crippen LogP contribution >= 0.6 is 0 Å². The molecule has 4 aromatic rings. The zero-order valence-corrected chi connectivity index (χ0v) is 30.4. The molecule has 0 spiro atoms. The number of methoxy groups -OCH3 is 1. The Kier molecular flexibility index (Phi) is 9.81. The van der Waals surface area contributed by atoms with Crippen LogP contribution in [0.4, 0.5) is 23.8 Å². The van der Waals surface area contributed by atoms with Gasteiger partial charge in [0, 0.05) is 44.2 Å². The summed E-state index contributed by atoms with van der Waals surface area (Å²) in [7, 11) is 1.46. The molecule has 0 atom stereocenters. The van der Waals surface area contributed by atoms with Crippen molar-refractivity contribution >= 4 is 33.6 Å². The molecule has 1 amide bonds. The fourth-order valence-corrected chi connectivity index (χ4v) is 7.79. The second-order valence-electron chi connectivity index (χ2n) is 14.8. The number of fused-ring (bicyclic) bond motifs is 3. The molecular weight excluding hydrogens is 677 g/mol. The van der Waals surface area contributed by atoms with E-state index in [0.29, 0.717) is 61.5 Å². The number of halogens is 3. The van der Waals surface area contributed by atoms with Crippen LogP contribution < -0.4 is 14.4 Å². The van der Waals surface area contributed by atoms with Crippen molar-refractivity contribution in [2.45, 2.75) is 70.9 Å². The van der Waals surface area contributed by atoms with Crippen molar-refractivity contribution in [3.05, 3.63) is 47.4 Å². The second kappa shape index (κ2) is 14.2. The third-order valence-electron chi connectivity index (χ3n) is 10.2. The van der Waals surface area contributed by atoms with Crippen LogP contribution in [0.1, 0.15) is 59.1 Å². The first-order chi connectivity index (χ1) is 24.9. The van der Waals surface area contributed by atoms with Gasteiger partial charge in [-0.05, 0) is 89.6 Å². The third kappa shape index (κ3) is 6.78. The predicted molar refractivity (Wildman–Crippen MR) is 190 cm³/mol. The highest BCUT2D eigenvalue weighted by Crippen LogP contribution is 2.42. The van der Waals surface area contributed by atoms with Gasteiger partial charge < -0.3 is 28.7 Å². The van der Waals surface area contributed by atoms with Crippen LogP contribution in [0, 0.1) is 17.5 Å². The van der Waals surface area contributed by atoms with E-state index in [1.165, 1.54) is 25.3 Å². The van der Waals surface area contributed by atoms with Gasteiger partial charge >= 0.3 is 12.1 Å². The molecule has 0 saturated carbocycles. The standard InChI is InChI=1S/C38H45F3N6O5/c1-6-27-29-33(31(41)32(42-27)25-20-24(51-22-49-5)19-23-9-10-26(39)30(40)28(23)25)43-35(50-21-38-11-7-13-47(38)14-8-12-38)44-34(29)45-15-17-46(18-16-45)36(48)52-37(2,3)4/h9-10,19-20H,6-8,11-18,21-22H2,1-5H3. The first kappa shape index (κ1) is 36.0. The number of ether oxygens (including phenoxy) is 4. The van der Waals surface area contributed by atoms with Crippen molar-refractivity contribution in [3.8, 4) is 23.0 Å². The Balaban J connectivity index is 1.36. The molecule has 0 radical (unpaired) electrons. The number of anilines is 1. The molecule has 7 rings (SSSR count). The zero-order valence-electron chi connectivity index (χ0n) is 30.4. The SMILES string of the molecule is CCc1nc(-c2cc(OCOC)cc3ccc(F)c(F)c23)c(F)c2nc(OCC34CCCN3CCC4)nc(N3CCN(C(=O)OC(C)(C)C)CC3)c12. The first-order valence-electron chi connectivity index (χ1n) is 18.0. The molecule has 3 saturated heterocycles. The number of hydrogen-bond donors (Lipinski definition) is 0. The lowest BCUT2D eigenvalue weighted by molar-refractivity contribution is 0.0240. The van der Waals surface area contributed by atoms with Crippen molar-refractivity contribution in [2.75, 3.05) is 64.7 Å². The third-order valence-corrected chi connectivity index (χ3v) is 10.2. The molecule has 0 N–H and O–H groups in total. The molecule has 278 valence electrons. The molecule has 5 heterocycles. The maximum atomic E-state index is 17.2. The molecule has 11 nitrogen and oxygen atoms in total. The fraction of sp³-hybridized carbons (Fsp3) is 0.526. The van der Waals surface area contributed by atoms with Crippen LogP contribution in [-0.4, -0.2) is 102 Å². The van der Waals surface area contributed by atoms with Crippen LogP contribution in [0.25, 0.3) is 32.9 Å². The molecule has 3 aliphatic rings. The number of nitrogens with zero attached hydrogens (tertiary/aromatic N) is 6. The Hall–Kier alpha value is -4.43. The topological polar surface area (TPSA) is 102 Å². The van der Waals surface area contributed by atoms with Crippen LogP contribution in [0.15, 0.2) is 24.3 Å². The normalized spacial score (nSPS) is 17.6. The Morgan fingerprint density at radius 1 is 0.904 bits per heavy atom. The Bertz CT molecular complexity index is 1990. The number of aryl methyl sites for hydroxylation is 1. The van der Waals surface area contributed by atoms with E-state index in [0.717, 1.165) is 44.8 Å². The monoisotopic (exact) mass is 722 g/mol. The summed E-state index contributed by atoms with van der Waals surface area (Å²) in [5, 5.41) is 0.559. The summed E-state index contributed by atoms with van der Waals surface area (Å²) in [6.07, 6.45) is 4.11. The van der Waals surface area contributed by atoms with Gasteiger partial charge in [-0.1, -0.05) is 13.0 Å². The van der Waals surface area contributed by atoms with Crippen LogP contribution in [-0.2, 0) is 15.9 Å². The van der Waals surface area contributed by atoms with Crippen molar-refractivity contribution in [1.29, 1.82) is 0 Å². The van der Waals surface area contributed by atoms with Gasteiger partial charge in [-0.2, -0.15) is 9.97 Å². The Morgan fingerprint density at radius 2 is 1.63 bits per heavy atom. The van der Waals surface area contributed by atoms with E-state index in [4.69, 9.17) is 28.9 Å². The van der Waals surface area contributed by atoms with Crippen molar-refractivity contribution < 1.29 is 36.9 Å². The highest BCUT2D eigenvalue weighted by atomic mass is 19.2. The highest BCUT2D eigenvalue weighted by Gasteiger charge is 2.45. The summed E-state index contributed by atoms with van der Waals surface area (Å²) >= 11 is 0. The molecule has 0 unspecified atom stereocenters. The number of benzene rings is 2. The van der Waals surface area contributed by atoms with E-state index in [9.17, 15) is 9.18 Å². The van der Waals surface area contributed by atoms with E-state index >= 15 is 8.78 Å². The number of carbonyl (C=O) groups is 1. The smallest absolute Gasteiger partial charge is 0.410 e. The predicted octanol–water partition coefficient (Wildman–Crippen LogP) is 6.87. The molecular formula is C38H45F3N6O5. The van der Waals surface area contributed by atoms with Crippen molar-refractivity contribution in [3.63, 3.8) is 0 Å². The Morgan fingerprint density at radius 3 is 2.31 bits per heavy atom. The number of aromatic nitrogens is 3. The average molecular weight is 723 g/mol. The van der Waals surface area contributed by atoms with Crippen LogP contribution in [0.3, 0.4) is 0 Å². The second-order valence-corrected chi connectivity index (χ2v) is 14.8. The van der Waals surface area contributed by atoms with Gasteiger partial charge in [-0.15, -0.1) is 0 Å². The molecule has 52 heavy (non-hydrogen) atoms. The number of piperazine rings is 1.